The molecule has 2 bridgehead atoms. The minimum Gasteiger partial charge on any atom is -0.476 e. The van der Waals surface area contributed by atoms with Gasteiger partial charge in [0.1, 0.15) is 6.20 Å². The molecule has 7 heteroatoms. The smallest absolute Gasteiger partial charge is 0.406 e. The van der Waals surface area contributed by atoms with Crippen molar-refractivity contribution < 1.29 is 14.5 Å². The lowest BCUT2D eigenvalue weighted by Gasteiger charge is -2.28. The number of carbonyl (C=O) groups excluding carboxylic acids is 1. The van der Waals surface area contributed by atoms with Crippen molar-refractivity contribution in [2.45, 2.75) is 38.6 Å². The van der Waals surface area contributed by atoms with E-state index < -0.39 is 4.92 Å². The van der Waals surface area contributed by atoms with Crippen LogP contribution in [0.5, 0.6) is 5.75 Å². The first kappa shape index (κ1) is 15.7. The van der Waals surface area contributed by atoms with Crippen LogP contribution >= 0.6 is 0 Å². The number of pyridine rings is 1. The predicted octanol–water partition coefficient (Wildman–Crippen LogP) is 2.31. The minimum atomic E-state index is -0.620. The van der Waals surface area contributed by atoms with Gasteiger partial charge in [-0.3, -0.25) is 4.79 Å². The van der Waals surface area contributed by atoms with E-state index >= 15 is 0 Å². The molecule has 1 N–H and O–H groups in total. The van der Waals surface area contributed by atoms with Crippen molar-refractivity contribution in [1.29, 1.82) is 0 Å². The predicted molar refractivity (Wildman–Crippen MR) is 82.9 cm³/mol. The van der Waals surface area contributed by atoms with Crippen LogP contribution in [0.15, 0.2) is 18.3 Å². The second-order valence-electron chi connectivity index (χ2n) is 6.57. The highest BCUT2D eigenvalue weighted by Crippen LogP contribution is 2.49. The number of nitro groups is 1. The Kier molecular flexibility index (Phi) is 4.45. The number of carbonyl (C=O) groups is 1. The summed E-state index contributed by atoms with van der Waals surface area (Å²) >= 11 is 0. The molecule has 1 aromatic rings. The Morgan fingerprint density at radius 3 is 3.00 bits per heavy atom. The molecule has 0 spiro atoms. The maximum atomic E-state index is 12.0. The lowest BCUT2D eigenvalue weighted by Crippen LogP contribution is -2.42. The Balaban J connectivity index is 1.51. The van der Waals surface area contributed by atoms with Gasteiger partial charge in [0.2, 0.25) is 5.75 Å². The van der Waals surface area contributed by atoms with Gasteiger partial charge in [-0.05, 0) is 66.0 Å². The van der Waals surface area contributed by atoms with Crippen LogP contribution in [0, 0.1) is 27.9 Å². The number of amides is 1. The van der Waals surface area contributed by atoms with Crippen LogP contribution in [0.3, 0.4) is 0 Å². The number of ether oxygens (including phenoxy) is 1. The van der Waals surface area contributed by atoms with Gasteiger partial charge in [-0.2, -0.15) is 0 Å². The van der Waals surface area contributed by atoms with Crippen LogP contribution in [-0.4, -0.2) is 28.5 Å². The van der Waals surface area contributed by atoms with Crippen LogP contribution in [0.2, 0.25) is 0 Å². The zero-order valence-electron chi connectivity index (χ0n) is 13.1. The number of fused-ring (bicyclic) bond motifs is 2. The van der Waals surface area contributed by atoms with Crippen molar-refractivity contribution in [1.82, 2.24) is 10.3 Å². The van der Waals surface area contributed by atoms with E-state index in [9.17, 15) is 14.9 Å². The molecule has 0 aliphatic heterocycles. The largest absolute Gasteiger partial charge is 0.476 e. The van der Waals surface area contributed by atoms with Gasteiger partial charge in [-0.1, -0.05) is 6.42 Å². The number of nitrogens with one attached hydrogen (secondary N) is 1. The van der Waals surface area contributed by atoms with E-state index in [1.807, 2.05) is 6.92 Å². The van der Waals surface area contributed by atoms with Gasteiger partial charge < -0.3 is 20.2 Å². The molecule has 4 unspecified atom stereocenters. The summed E-state index contributed by atoms with van der Waals surface area (Å²) in [5.74, 6) is 1.50. The summed E-state index contributed by atoms with van der Waals surface area (Å²) in [7, 11) is 0. The van der Waals surface area contributed by atoms with Crippen LogP contribution in [0.25, 0.3) is 0 Å². The van der Waals surface area contributed by atoms with Crippen LogP contribution in [0.1, 0.15) is 32.6 Å². The number of hydrogen-bond acceptors (Lipinski definition) is 5. The summed E-state index contributed by atoms with van der Waals surface area (Å²) in [6.07, 6.45) is 6.41. The maximum absolute atomic E-state index is 12.0. The lowest BCUT2D eigenvalue weighted by atomic mass is 9.84. The van der Waals surface area contributed by atoms with Crippen molar-refractivity contribution in [3.05, 3.63) is 28.4 Å². The molecule has 2 aliphatic carbocycles. The van der Waals surface area contributed by atoms with Crippen molar-refractivity contribution in [2.24, 2.45) is 17.8 Å². The molecule has 0 radical (unpaired) electrons. The molecule has 1 heterocycles. The fraction of sp³-hybridized carbons (Fsp3) is 0.625. The van der Waals surface area contributed by atoms with Crippen molar-refractivity contribution in [3.8, 4) is 5.75 Å². The van der Waals surface area contributed by atoms with E-state index in [1.165, 1.54) is 44.0 Å². The van der Waals surface area contributed by atoms with Gasteiger partial charge in [0, 0.05) is 6.04 Å². The molecule has 2 saturated carbocycles. The highest BCUT2D eigenvalue weighted by molar-refractivity contribution is 5.78. The average Bonchev–Trinajstić information content (AvgIpc) is 3.16. The van der Waals surface area contributed by atoms with E-state index in [1.54, 1.807) is 0 Å². The second kappa shape index (κ2) is 6.52. The SMILES string of the molecule is CC(NC(=O)COc1cccnc1[N+](=O)[O-])C1CC2CCC1C2. The molecule has 23 heavy (non-hydrogen) atoms. The molecular weight excluding hydrogens is 298 g/mol. The molecule has 0 aromatic carbocycles. The highest BCUT2D eigenvalue weighted by Gasteiger charge is 2.42. The zero-order valence-corrected chi connectivity index (χ0v) is 13.1. The van der Waals surface area contributed by atoms with Crippen molar-refractivity contribution in [3.63, 3.8) is 0 Å². The van der Waals surface area contributed by atoms with E-state index in [0.29, 0.717) is 5.92 Å². The van der Waals surface area contributed by atoms with Gasteiger partial charge >= 0.3 is 5.82 Å². The quantitative estimate of drug-likeness (QED) is 0.641. The molecule has 2 aliphatic rings. The monoisotopic (exact) mass is 319 g/mol. The van der Waals surface area contributed by atoms with Crippen LogP contribution < -0.4 is 10.1 Å². The highest BCUT2D eigenvalue weighted by atomic mass is 16.6. The Morgan fingerprint density at radius 2 is 2.35 bits per heavy atom. The van der Waals surface area contributed by atoms with Gasteiger partial charge in [0.05, 0.1) is 0 Å². The topological polar surface area (TPSA) is 94.4 Å². The van der Waals surface area contributed by atoms with Gasteiger partial charge in [-0.15, -0.1) is 0 Å². The molecule has 4 atom stereocenters. The third-order valence-corrected chi connectivity index (χ3v) is 5.11. The van der Waals surface area contributed by atoms with Crippen molar-refractivity contribution in [2.75, 3.05) is 6.61 Å². The third kappa shape index (κ3) is 3.43. The summed E-state index contributed by atoms with van der Waals surface area (Å²) in [4.78, 5) is 25.9. The summed E-state index contributed by atoms with van der Waals surface area (Å²) in [5, 5.41) is 13.8. The molecule has 3 rings (SSSR count). The average molecular weight is 319 g/mol. The van der Waals surface area contributed by atoms with E-state index in [4.69, 9.17) is 4.74 Å². The fourth-order valence-corrected chi connectivity index (χ4v) is 4.08. The first-order valence-electron chi connectivity index (χ1n) is 8.06. The normalized spacial score (nSPS) is 26.7. The molecule has 7 nitrogen and oxygen atoms in total. The third-order valence-electron chi connectivity index (χ3n) is 5.11. The second-order valence-corrected chi connectivity index (χ2v) is 6.57. The van der Waals surface area contributed by atoms with E-state index in [-0.39, 0.29) is 30.1 Å². The zero-order chi connectivity index (χ0) is 16.4. The Bertz CT molecular complexity index is 607. The summed E-state index contributed by atoms with van der Waals surface area (Å²) in [5.41, 5.74) is 0. The number of rotatable bonds is 6. The van der Waals surface area contributed by atoms with Gasteiger partial charge in [0.15, 0.2) is 6.61 Å². The van der Waals surface area contributed by atoms with Gasteiger partial charge in [0.25, 0.3) is 5.91 Å². The molecule has 1 amide bonds. The van der Waals surface area contributed by atoms with Crippen LogP contribution in [0.4, 0.5) is 5.82 Å². The van der Waals surface area contributed by atoms with E-state index in [2.05, 4.69) is 10.3 Å². The van der Waals surface area contributed by atoms with Crippen molar-refractivity contribution >= 4 is 11.7 Å². The molecule has 1 aromatic heterocycles. The molecule has 2 fully saturated rings. The number of hydrogen-bond donors (Lipinski definition) is 1. The summed E-state index contributed by atoms with van der Waals surface area (Å²) in [6, 6.07) is 3.10. The fourth-order valence-electron chi connectivity index (χ4n) is 4.08. The standard InChI is InChI=1S/C16H21N3O4/c1-10(13-8-11-4-5-12(13)7-11)18-15(20)9-23-14-3-2-6-17-16(14)19(21)22/h2-3,6,10-13H,4-5,7-9H2,1H3,(H,18,20). The lowest BCUT2D eigenvalue weighted by molar-refractivity contribution is -0.390. The van der Waals surface area contributed by atoms with Crippen LogP contribution in [-0.2, 0) is 4.79 Å². The van der Waals surface area contributed by atoms with Gasteiger partial charge in [-0.25, -0.2) is 0 Å². The molecular formula is C16H21N3O4. The Hall–Kier alpha value is -2.18. The first-order valence-corrected chi connectivity index (χ1v) is 8.06. The summed E-state index contributed by atoms with van der Waals surface area (Å²) in [6.45, 7) is 1.80. The number of aromatic nitrogens is 1. The molecule has 124 valence electrons. The minimum absolute atomic E-state index is 0.0141. The van der Waals surface area contributed by atoms with E-state index in [0.717, 1.165) is 11.8 Å². The maximum Gasteiger partial charge on any atom is 0.406 e. The first-order chi connectivity index (χ1) is 11.0. The summed E-state index contributed by atoms with van der Waals surface area (Å²) < 4.78 is 5.27. The number of nitrogens with zero attached hydrogens (tertiary/aromatic N) is 2. The Morgan fingerprint density at radius 1 is 1.52 bits per heavy atom. The molecule has 0 saturated heterocycles. The Labute approximate surface area is 134 Å².